The molecular weight excluding hydrogens is 333 g/mol. The SMILES string of the molecule is O=C(NCC1(c2ccc(F)cc2Cl)CC1)N1CC(=O)N(C2CC2)C1. The predicted octanol–water partition coefficient (Wildman–Crippen LogP) is 2.48. The van der Waals surface area contributed by atoms with Crippen LogP contribution in [-0.4, -0.2) is 47.5 Å². The van der Waals surface area contributed by atoms with E-state index in [2.05, 4.69) is 5.32 Å². The highest BCUT2D eigenvalue weighted by Gasteiger charge is 2.46. The summed E-state index contributed by atoms with van der Waals surface area (Å²) in [6.45, 7) is 0.970. The number of amides is 3. The minimum atomic E-state index is -0.362. The first-order chi connectivity index (χ1) is 11.5. The van der Waals surface area contributed by atoms with Crippen LogP contribution in [0.5, 0.6) is 0 Å². The maximum atomic E-state index is 13.2. The van der Waals surface area contributed by atoms with E-state index in [4.69, 9.17) is 11.6 Å². The summed E-state index contributed by atoms with van der Waals surface area (Å²) in [5.74, 6) is -0.338. The topological polar surface area (TPSA) is 52.7 Å². The Morgan fingerprint density at radius 2 is 2.12 bits per heavy atom. The fourth-order valence-corrected chi connectivity index (χ4v) is 3.74. The number of halogens is 2. The molecule has 5 nitrogen and oxygen atoms in total. The minimum absolute atomic E-state index is 0.0235. The molecule has 2 aliphatic carbocycles. The van der Waals surface area contributed by atoms with Crippen LogP contribution in [-0.2, 0) is 10.2 Å². The molecule has 0 spiro atoms. The molecule has 0 unspecified atom stereocenters. The molecule has 0 bridgehead atoms. The molecule has 1 aromatic rings. The van der Waals surface area contributed by atoms with Gasteiger partial charge in [-0.15, -0.1) is 0 Å². The number of carbonyl (C=O) groups is 2. The van der Waals surface area contributed by atoms with E-state index in [-0.39, 0.29) is 29.7 Å². The van der Waals surface area contributed by atoms with Crippen molar-refractivity contribution >= 4 is 23.5 Å². The number of nitrogens with one attached hydrogen (secondary N) is 1. The van der Waals surface area contributed by atoms with Crippen molar-refractivity contribution < 1.29 is 14.0 Å². The lowest BCUT2D eigenvalue weighted by Crippen LogP contribution is -2.42. The van der Waals surface area contributed by atoms with Crippen LogP contribution >= 0.6 is 11.6 Å². The summed E-state index contributed by atoms with van der Waals surface area (Å²) in [6.07, 6.45) is 3.89. The molecule has 3 aliphatic rings. The monoisotopic (exact) mass is 351 g/mol. The van der Waals surface area contributed by atoms with Gasteiger partial charge in [0.15, 0.2) is 0 Å². The summed E-state index contributed by atoms with van der Waals surface area (Å²) >= 11 is 6.16. The van der Waals surface area contributed by atoms with E-state index < -0.39 is 0 Å². The zero-order valence-corrected chi connectivity index (χ0v) is 14.0. The summed E-state index contributed by atoms with van der Waals surface area (Å²) in [6, 6.07) is 4.51. The van der Waals surface area contributed by atoms with Crippen molar-refractivity contribution in [2.75, 3.05) is 19.8 Å². The zero-order valence-electron chi connectivity index (χ0n) is 13.2. The molecular formula is C17H19ClFN3O2. The Balaban J connectivity index is 1.38. The van der Waals surface area contributed by atoms with Crippen molar-refractivity contribution in [3.05, 3.63) is 34.6 Å². The van der Waals surface area contributed by atoms with Gasteiger partial charge in [0.1, 0.15) is 12.4 Å². The molecule has 1 aliphatic heterocycles. The number of carbonyl (C=O) groups excluding carboxylic acids is 2. The second-order valence-corrected chi connectivity index (χ2v) is 7.40. The van der Waals surface area contributed by atoms with Crippen LogP contribution in [0.15, 0.2) is 18.2 Å². The van der Waals surface area contributed by atoms with E-state index in [1.165, 1.54) is 12.1 Å². The van der Waals surface area contributed by atoms with Gasteiger partial charge in [0.25, 0.3) is 0 Å². The molecule has 3 amide bonds. The van der Waals surface area contributed by atoms with E-state index in [9.17, 15) is 14.0 Å². The van der Waals surface area contributed by atoms with Crippen LogP contribution < -0.4 is 5.32 Å². The maximum Gasteiger partial charge on any atom is 0.319 e. The summed E-state index contributed by atoms with van der Waals surface area (Å²) in [7, 11) is 0. The number of urea groups is 1. The molecule has 4 rings (SSSR count). The fourth-order valence-electron chi connectivity index (χ4n) is 3.38. The van der Waals surface area contributed by atoms with Crippen LogP contribution in [0.2, 0.25) is 5.02 Å². The molecule has 1 aromatic carbocycles. The Morgan fingerprint density at radius 1 is 1.38 bits per heavy atom. The van der Waals surface area contributed by atoms with Crippen molar-refractivity contribution in [3.63, 3.8) is 0 Å². The van der Waals surface area contributed by atoms with Crippen molar-refractivity contribution in [2.24, 2.45) is 0 Å². The summed E-state index contributed by atoms with van der Waals surface area (Å²) < 4.78 is 13.2. The lowest BCUT2D eigenvalue weighted by atomic mass is 9.96. The Labute approximate surface area is 144 Å². The Kier molecular flexibility index (Phi) is 3.67. The molecule has 24 heavy (non-hydrogen) atoms. The van der Waals surface area contributed by atoms with Gasteiger partial charge in [-0.3, -0.25) is 9.69 Å². The molecule has 2 saturated carbocycles. The molecule has 0 atom stereocenters. The van der Waals surface area contributed by atoms with E-state index >= 15 is 0 Å². The van der Waals surface area contributed by atoms with Crippen molar-refractivity contribution in [3.8, 4) is 0 Å². The van der Waals surface area contributed by atoms with Gasteiger partial charge >= 0.3 is 6.03 Å². The number of benzene rings is 1. The predicted molar refractivity (Wildman–Crippen MR) is 87.2 cm³/mol. The molecule has 1 N–H and O–H groups in total. The van der Waals surface area contributed by atoms with Gasteiger partial charge in [-0.05, 0) is 43.4 Å². The quantitative estimate of drug-likeness (QED) is 0.906. The van der Waals surface area contributed by atoms with Crippen LogP contribution in [0.1, 0.15) is 31.2 Å². The summed E-state index contributed by atoms with van der Waals surface area (Å²) in [4.78, 5) is 27.6. The van der Waals surface area contributed by atoms with E-state index in [0.717, 1.165) is 31.2 Å². The molecule has 1 saturated heterocycles. The highest BCUT2D eigenvalue weighted by Crippen LogP contribution is 2.50. The Bertz CT molecular complexity index is 703. The van der Waals surface area contributed by atoms with Crippen molar-refractivity contribution in [2.45, 2.75) is 37.1 Å². The highest BCUT2D eigenvalue weighted by atomic mass is 35.5. The first-order valence-corrected chi connectivity index (χ1v) is 8.64. The van der Waals surface area contributed by atoms with E-state index in [1.54, 1.807) is 15.9 Å². The third-order valence-corrected chi connectivity index (χ3v) is 5.49. The minimum Gasteiger partial charge on any atom is -0.337 e. The van der Waals surface area contributed by atoms with Gasteiger partial charge in [-0.1, -0.05) is 17.7 Å². The third kappa shape index (κ3) is 2.83. The molecule has 7 heteroatoms. The maximum absolute atomic E-state index is 13.2. The number of rotatable bonds is 4. The van der Waals surface area contributed by atoms with Gasteiger partial charge in [0, 0.05) is 23.0 Å². The molecule has 0 aromatic heterocycles. The van der Waals surface area contributed by atoms with Crippen molar-refractivity contribution in [1.82, 2.24) is 15.1 Å². The number of hydrogen-bond donors (Lipinski definition) is 1. The van der Waals surface area contributed by atoms with Crippen LogP contribution in [0, 0.1) is 5.82 Å². The average molecular weight is 352 g/mol. The van der Waals surface area contributed by atoms with Gasteiger partial charge in [0.05, 0.1) is 6.67 Å². The molecule has 1 heterocycles. The van der Waals surface area contributed by atoms with Crippen LogP contribution in [0.3, 0.4) is 0 Å². The third-order valence-electron chi connectivity index (χ3n) is 5.18. The highest BCUT2D eigenvalue weighted by molar-refractivity contribution is 6.31. The summed E-state index contributed by atoms with van der Waals surface area (Å²) in [5, 5.41) is 3.32. The Hall–Kier alpha value is -1.82. The van der Waals surface area contributed by atoms with E-state index in [1.807, 2.05) is 0 Å². The van der Waals surface area contributed by atoms with Crippen LogP contribution in [0.25, 0.3) is 0 Å². The second kappa shape index (κ2) is 5.62. The Morgan fingerprint density at radius 3 is 2.75 bits per heavy atom. The zero-order chi connectivity index (χ0) is 16.9. The second-order valence-electron chi connectivity index (χ2n) is 7.00. The lowest BCUT2D eigenvalue weighted by Gasteiger charge is -2.22. The number of hydrogen-bond acceptors (Lipinski definition) is 2. The molecule has 3 fully saturated rings. The van der Waals surface area contributed by atoms with Gasteiger partial charge < -0.3 is 10.2 Å². The molecule has 128 valence electrons. The van der Waals surface area contributed by atoms with Gasteiger partial charge in [-0.25, -0.2) is 9.18 Å². The average Bonchev–Trinajstić information content (AvgIpc) is 3.45. The van der Waals surface area contributed by atoms with Crippen LogP contribution in [0.4, 0.5) is 9.18 Å². The van der Waals surface area contributed by atoms with Gasteiger partial charge in [0.2, 0.25) is 5.91 Å². The summed E-state index contributed by atoms with van der Waals surface area (Å²) in [5.41, 5.74) is 0.670. The standard InChI is InChI=1S/C17H19ClFN3O2/c18-14-7-11(19)1-4-13(14)17(5-6-17)9-20-16(24)21-8-15(23)22(10-21)12-2-3-12/h1,4,7,12H,2-3,5-6,8-10H2,(H,20,24). The van der Waals surface area contributed by atoms with E-state index in [0.29, 0.717) is 24.3 Å². The first-order valence-electron chi connectivity index (χ1n) is 8.26. The smallest absolute Gasteiger partial charge is 0.319 e. The van der Waals surface area contributed by atoms with Crippen molar-refractivity contribution in [1.29, 1.82) is 0 Å². The normalized spacial score (nSPS) is 22.0. The largest absolute Gasteiger partial charge is 0.337 e. The lowest BCUT2D eigenvalue weighted by molar-refractivity contribution is -0.127. The molecule has 0 radical (unpaired) electrons. The first kappa shape index (κ1) is 15.7. The number of nitrogens with zero attached hydrogens (tertiary/aromatic N) is 2. The fraction of sp³-hybridized carbons (Fsp3) is 0.529. The van der Waals surface area contributed by atoms with Gasteiger partial charge in [-0.2, -0.15) is 0 Å².